The Morgan fingerprint density at radius 3 is 2.31 bits per heavy atom. The highest BCUT2D eigenvalue weighted by Crippen LogP contribution is 2.20. The van der Waals surface area contributed by atoms with Gasteiger partial charge in [0.25, 0.3) is 0 Å². The van der Waals surface area contributed by atoms with Crippen LogP contribution in [0.5, 0.6) is 0 Å². The largest absolute Gasteiger partial charge is 0.445 e. The minimum atomic E-state index is -1.07. The van der Waals surface area contributed by atoms with E-state index in [1.807, 2.05) is 79.7 Å². The maximum Gasteiger partial charge on any atom is 0.408 e. The monoisotopic (exact) mass is 531 g/mol. The van der Waals surface area contributed by atoms with Gasteiger partial charge >= 0.3 is 6.09 Å². The van der Waals surface area contributed by atoms with Gasteiger partial charge in [0.05, 0.1) is 6.33 Å². The number of carbonyl (C=O) groups excluding carboxylic acids is 2. The number of hydrogen-bond acceptors (Lipinski definition) is 8. The molecule has 0 aliphatic carbocycles. The summed E-state index contributed by atoms with van der Waals surface area (Å²) >= 11 is 0. The lowest BCUT2D eigenvalue weighted by Crippen LogP contribution is -2.55. The van der Waals surface area contributed by atoms with Crippen molar-refractivity contribution in [2.45, 2.75) is 45.4 Å². The van der Waals surface area contributed by atoms with E-state index in [2.05, 4.69) is 25.6 Å². The third-order valence-electron chi connectivity index (χ3n) is 5.90. The van der Waals surface area contributed by atoms with Crippen molar-refractivity contribution >= 4 is 29.0 Å². The summed E-state index contributed by atoms with van der Waals surface area (Å²) in [5, 5.41) is 5.59. The molecule has 0 aliphatic heterocycles. The minimum absolute atomic E-state index is 0.0869. The molecule has 2 heterocycles. The van der Waals surface area contributed by atoms with Crippen LogP contribution in [0, 0.1) is 0 Å². The Morgan fingerprint density at radius 2 is 1.64 bits per heavy atom. The maximum atomic E-state index is 13.4. The average Bonchev–Trinajstić information content (AvgIpc) is 3.34. The van der Waals surface area contributed by atoms with Gasteiger partial charge < -0.3 is 25.0 Å². The fourth-order valence-electron chi connectivity index (χ4n) is 3.91. The van der Waals surface area contributed by atoms with Crippen molar-refractivity contribution < 1.29 is 19.1 Å². The number of fused-ring (bicyclic) bond motifs is 1. The highest BCUT2D eigenvalue weighted by atomic mass is 16.5. The molecule has 2 N–H and O–H groups in total. The molecule has 39 heavy (non-hydrogen) atoms. The van der Waals surface area contributed by atoms with Gasteiger partial charge in [0.2, 0.25) is 5.91 Å². The Hall–Kier alpha value is -4.51. The average molecular weight is 532 g/mol. The highest BCUT2D eigenvalue weighted by Gasteiger charge is 2.29. The van der Waals surface area contributed by atoms with Gasteiger partial charge in [-0.1, -0.05) is 60.7 Å². The molecule has 2 aromatic heterocycles. The van der Waals surface area contributed by atoms with E-state index in [9.17, 15) is 9.59 Å². The Labute approximate surface area is 227 Å². The summed E-state index contributed by atoms with van der Waals surface area (Å²) in [6, 6.07) is 17.9. The molecule has 0 unspecified atom stereocenters. The smallest absolute Gasteiger partial charge is 0.408 e. The number of nitrogens with one attached hydrogen (secondary N) is 2. The Balaban J connectivity index is 1.41. The van der Waals surface area contributed by atoms with Crippen LogP contribution in [-0.2, 0) is 34.0 Å². The second kappa shape index (κ2) is 12.4. The first-order valence-electron chi connectivity index (χ1n) is 12.5. The predicted octanol–water partition coefficient (Wildman–Crippen LogP) is 3.26. The van der Waals surface area contributed by atoms with Crippen LogP contribution in [0.25, 0.3) is 11.2 Å². The van der Waals surface area contributed by atoms with E-state index in [1.54, 1.807) is 24.7 Å². The van der Waals surface area contributed by atoms with Gasteiger partial charge in [-0.15, -0.1) is 0 Å². The van der Waals surface area contributed by atoms with Crippen LogP contribution in [0.15, 0.2) is 73.3 Å². The molecular formula is C28H33N7O4. The van der Waals surface area contributed by atoms with Crippen molar-refractivity contribution in [2.24, 2.45) is 0 Å². The van der Waals surface area contributed by atoms with E-state index in [0.29, 0.717) is 17.0 Å². The van der Waals surface area contributed by atoms with Crippen molar-refractivity contribution in [2.75, 3.05) is 19.0 Å². The highest BCUT2D eigenvalue weighted by molar-refractivity contribution is 5.86. The van der Waals surface area contributed by atoms with Crippen LogP contribution in [0.3, 0.4) is 0 Å². The third kappa shape index (κ3) is 7.51. The number of ether oxygens (including phenoxy) is 2. The quantitative estimate of drug-likeness (QED) is 0.283. The predicted molar refractivity (Wildman–Crippen MR) is 147 cm³/mol. The number of carbonyl (C=O) groups is 2. The van der Waals surface area contributed by atoms with Gasteiger partial charge in [0.15, 0.2) is 17.0 Å². The summed E-state index contributed by atoms with van der Waals surface area (Å²) < 4.78 is 13.1. The SMILES string of the molecule is CN(C)c1ncnc2c1ncn2COC(C)(C)NC(=O)[C@H](Cc1ccccc1)NC(=O)OCc1ccccc1. The lowest BCUT2D eigenvalue weighted by atomic mass is 10.0. The maximum absolute atomic E-state index is 13.4. The molecule has 4 aromatic rings. The summed E-state index contributed by atoms with van der Waals surface area (Å²) in [4.78, 5) is 40.8. The summed E-state index contributed by atoms with van der Waals surface area (Å²) in [6.45, 7) is 3.65. The molecule has 0 aliphatic rings. The number of hydrogen-bond donors (Lipinski definition) is 2. The van der Waals surface area contributed by atoms with Gasteiger partial charge in [0.1, 0.15) is 31.4 Å². The zero-order chi connectivity index (χ0) is 27.8. The van der Waals surface area contributed by atoms with Crippen LogP contribution in [0.1, 0.15) is 25.0 Å². The van der Waals surface area contributed by atoms with E-state index in [4.69, 9.17) is 9.47 Å². The summed E-state index contributed by atoms with van der Waals surface area (Å²) in [5.74, 6) is 0.286. The third-order valence-corrected chi connectivity index (χ3v) is 5.90. The van der Waals surface area contributed by atoms with Crippen LogP contribution in [-0.4, -0.2) is 57.4 Å². The van der Waals surface area contributed by atoms with E-state index in [1.165, 1.54) is 6.33 Å². The van der Waals surface area contributed by atoms with Crippen LogP contribution < -0.4 is 15.5 Å². The topological polar surface area (TPSA) is 124 Å². The van der Waals surface area contributed by atoms with Crippen LogP contribution in [0.2, 0.25) is 0 Å². The molecule has 0 saturated heterocycles. The van der Waals surface area contributed by atoms with Gasteiger partial charge in [-0.2, -0.15) is 0 Å². The number of aromatic nitrogens is 4. The van der Waals surface area contributed by atoms with Crippen LogP contribution >= 0.6 is 0 Å². The van der Waals surface area contributed by atoms with E-state index < -0.39 is 23.8 Å². The van der Waals surface area contributed by atoms with Crippen LogP contribution in [0.4, 0.5) is 10.6 Å². The number of nitrogens with zero attached hydrogens (tertiary/aromatic N) is 5. The fraction of sp³-hybridized carbons (Fsp3) is 0.321. The van der Waals surface area contributed by atoms with Gasteiger partial charge in [-0.3, -0.25) is 9.36 Å². The van der Waals surface area contributed by atoms with E-state index in [-0.39, 0.29) is 19.8 Å². The van der Waals surface area contributed by atoms with Gasteiger partial charge in [-0.25, -0.2) is 19.7 Å². The molecule has 204 valence electrons. The molecule has 1 atom stereocenters. The molecule has 4 rings (SSSR count). The number of alkyl carbamates (subject to hydrolysis) is 1. The summed E-state index contributed by atoms with van der Waals surface area (Å²) in [5.41, 5.74) is 1.92. The number of imidazole rings is 1. The Kier molecular flexibility index (Phi) is 8.72. The summed E-state index contributed by atoms with van der Waals surface area (Å²) in [7, 11) is 3.76. The Bertz CT molecular complexity index is 1390. The first kappa shape index (κ1) is 27.5. The molecule has 11 nitrogen and oxygen atoms in total. The van der Waals surface area contributed by atoms with Crippen molar-refractivity contribution in [3.63, 3.8) is 0 Å². The molecule has 2 amide bonds. The lowest BCUT2D eigenvalue weighted by molar-refractivity contribution is -0.136. The van der Waals surface area contributed by atoms with E-state index in [0.717, 1.165) is 11.1 Å². The molecule has 11 heteroatoms. The second-order valence-electron chi connectivity index (χ2n) is 9.70. The molecular weight excluding hydrogens is 498 g/mol. The number of benzene rings is 2. The molecule has 2 aromatic carbocycles. The molecule has 0 bridgehead atoms. The molecule has 0 saturated carbocycles. The minimum Gasteiger partial charge on any atom is -0.445 e. The zero-order valence-corrected chi connectivity index (χ0v) is 22.5. The number of amides is 2. The molecule has 0 spiro atoms. The normalized spacial score (nSPS) is 12.1. The zero-order valence-electron chi connectivity index (χ0n) is 22.5. The standard InChI is InChI=1S/C28H33N7O4/c1-28(2,39-19-35-18-31-23-24(34(3)4)29-17-30-25(23)35)33-26(36)22(15-20-11-7-5-8-12-20)32-27(37)38-16-21-13-9-6-10-14-21/h5-14,17-18,22H,15-16,19H2,1-4H3,(H,32,37)(H,33,36)/t22-/m0/s1. The number of anilines is 1. The lowest BCUT2D eigenvalue weighted by Gasteiger charge is -2.29. The fourth-order valence-corrected chi connectivity index (χ4v) is 3.91. The molecule has 0 radical (unpaired) electrons. The first-order chi connectivity index (χ1) is 18.7. The summed E-state index contributed by atoms with van der Waals surface area (Å²) in [6.07, 6.45) is 2.68. The van der Waals surface area contributed by atoms with Crippen molar-refractivity contribution in [1.82, 2.24) is 30.2 Å². The molecule has 0 fully saturated rings. The Morgan fingerprint density at radius 1 is 0.974 bits per heavy atom. The van der Waals surface area contributed by atoms with E-state index >= 15 is 0 Å². The van der Waals surface area contributed by atoms with Gasteiger partial charge in [-0.05, 0) is 25.0 Å². The second-order valence-corrected chi connectivity index (χ2v) is 9.70. The first-order valence-corrected chi connectivity index (χ1v) is 12.5. The number of rotatable bonds is 11. The van der Waals surface area contributed by atoms with Gasteiger partial charge in [0, 0.05) is 20.5 Å². The van der Waals surface area contributed by atoms with Crippen molar-refractivity contribution in [3.05, 3.63) is 84.4 Å². The van der Waals surface area contributed by atoms with Crippen molar-refractivity contribution in [1.29, 1.82) is 0 Å². The van der Waals surface area contributed by atoms with Crippen molar-refractivity contribution in [3.8, 4) is 0 Å².